The molecular formula is C27H27ClN2O4S. The summed E-state index contributed by atoms with van der Waals surface area (Å²) in [6.45, 7) is 8.03. The fourth-order valence-corrected chi connectivity index (χ4v) is 5.42. The number of phenols is 2. The highest BCUT2D eigenvalue weighted by molar-refractivity contribution is 7.92. The molecule has 0 fully saturated rings. The molecule has 4 aromatic rings. The molecule has 4 rings (SSSR count). The van der Waals surface area contributed by atoms with Gasteiger partial charge in [-0.3, -0.25) is 9.71 Å². The summed E-state index contributed by atoms with van der Waals surface area (Å²) < 4.78 is 29.0. The third kappa shape index (κ3) is 4.79. The average Bonchev–Trinajstić information content (AvgIpc) is 2.82. The van der Waals surface area contributed by atoms with Crippen molar-refractivity contribution < 1.29 is 18.6 Å². The number of nitrogens with one attached hydrogen (secondary N) is 1. The van der Waals surface area contributed by atoms with Gasteiger partial charge in [0.1, 0.15) is 11.5 Å². The second-order valence-electron chi connectivity index (χ2n) is 9.56. The monoisotopic (exact) mass is 510 g/mol. The summed E-state index contributed by atoms with van der Waals surface area (Å²) in [6.07, 6.45) is 3.29. The van der Waals surface area contributed by atoms with Crippen molar-refractivity contribution in [3.05, 3.63) is 88.7 Å². The number of aromatic nitrogens is 1. The zero-order valence-electron chi connectivity index (χ0n) is 19.9. The Kier molecular flexibility index (Phi) is 6.42. The van der Waals surface area contributed by atoms with Crippen molar-refractivity contribution in [2.24, 2.45) is 0 Å². The number of sulfonamides is 1. The summed E-state index contributed by atoms with van der Waals surface area (Å²) in [5.74, 6) is -0.624. The predicted molar refractivity (Wildman–Crippen MR) is 140 cm³/mol. The Balaban J connectivity index is 1.84. The smallest absolute Gasteiger partial charge is 0.261 e. The van der Waals surface area contributed by atoms with Gasteiger partial charge in [0.25, 0.3) is 10.0 Å². The van der Waals surface area contributed by atoms with E-state index in [1.807, 2.05) is 39.8 Å². The van der Waals surface area contributed by atoms with E-state index in [1.165, 1.54) is 18.2 Å². The van der Waals surface area contributed by atoms with E-state index in [4.69, 9.17) is 11.6 Å². The van der Waals surface area contributed by atoms with E-state index in [2.05, 4.69) is 9.71 Å². The lowest BCUT2D eigenvalue weighted by Gasteiger charge is -2.20. The molecule has 0 bridgehead atoms. The van der Waals surface area contributed by atoms with Crippen molar-refractivity contribution in [1.82, 2.24) is 4.98 Å². The van der Waals surface area contributed by atoms with Gasteiger partial charge < -0.3 is 10.2 Å². The molecule has 1 aromatic heterocycles. The van der Waals surface area contributed by atoms with Gasteiger partial charge in [0.2, 0.25) is 0 Å². The van der Waals surface area contributed by atoms with Gasteiger partial charge in [-0.1, -0.05) is 51.4 Å². The Morgan fingerprint density at radius 1 is 0.943 bits per heavy atom. The number of aromatic hydroxyl groups is 2. The topological polar surface area (TPSA) is 99.5 Å². The van der Waals surface area contributed by atoms with Crippen molar-refractivity contribution in [2.75, 3.05) is 4.72 Å². The first-order chi connectivity index (χ1) is 16.4. The van der Waals surface area contributed by atoms with Crippen LogP contribution in [0, 0.1) is 0 Å². The number of nitrogens with zero attached hydrogens (tertiary/aromatic N) is 1. The molecule has 0 aliphatic rings. The quantitative estimate of drug-likeness (QED) is 0.264. The van der Waals surface area contributed by atoms with Gasteiger partial charge in [0.05, 0.1) is 21.0 Å². The second-order valence-corrected chi connectivity index (χ2v) is 11.7. The molecule has 6 nitrogen and oxygen atoms in total. The van der Waals surface area contributed by atoms with Crippen LogP contribution in [0.4, 0.5) is 5.69 Å². The molecule has 3 aromatic carbocycles. The number of benzene rings is 3. The van der Waals surface area contributed by atoms with Crippen LogP contribution in [0.5, 0.6) is 11.5 Å². The molecule has 0 saturated heterocycles. The van der Waals surface area contributed by atoms with Crippen LogP contribution in [0.25, 0.3) is 10.8 Å². The summed E-state index contributed by atoms with van der Waals surface area (Å²) in [5, 5.41) is 22.6. The number of anilines is 1. The minimum Gasteiger partial charge on any atom is -0.507 e. The third-order valence-corrected chi connectivity index (χ3v) is 7.86. The predicted octanol–water partition coefficient (Wildman–Crippen LogP) is 6.55. The van der Waals surface area contributed by atoms with Crippen LogP contribution in [0.2, 0.25) is 5.02 Å². The van der Waals surface area contributed by atoms with E-state index in [0.717, 1.165) is 11.1 Å². The number of phenolic OH excluding ortho intramolecular Hbond substituents is 2. The molecule has 0 spiro atoms. The Morgan fingerprint density at radius 3 is 2.17 bits per heavy atom. The molecule has 8 heteroatoms. The minimum atomic E-state index is -3.99. The molecule has 1 unspecified atom stereocenters. The van der Waals surface area contributed by atoms with Crippen molar-refractivity contribution in [2.45, 2.75) is 43.9 Å². The first-order valence-corrected chi connectivity index (χ1v) is 13.0. The van der Waals surface area contributed by atoms with Gasteiger partial charge in [0, 0.05) is 29.3 Å². The highest BCUT2D eigenvalue weighted by Crippen LogP contribution is 2.46. The lowest BCUT2D eigenvalue weighted by atomic mass is 9.87. The van der Waals surface area contributed by atoms with Crippen molar-refractivity contribution in [1.29, 1.82) is 0 Å². The maximum atomic E-state index is 13.2. The van der Waals surface area contributed by atoms with E-state index >= 15 is 0 Å². The molecule has 0 aliphatic heterocycles. The van der Waals surface area contributed by atoms with Crippen LogP contribution >= 0.6 is 11.6 Å². The molecule has 35 heavy (non-hydrogen) atoms. The lowest BCUT2D eigenvalue weighted by Crippen LogP contribution is -2.15. The summed E-state index contributed by atoms with van der Waals surface area (Å²) in [5.41, 5.74) is 2.30. The zero-order chi connectivity index (χ0) is 25.5. The molecule has 0 amide bonds. The number of hydrogen-bond acceptors (Lipinski definition) is 5. The molecule has 0 aliphatic carbocycles. The van der Waals surface area contributed by atoms with Crippen LogP contribution < -0.4 is 4.72 Å². The van der Waals surface area contributed by atoms with Crippen LogP contribution in [-0.2, 0) is 15.4 Å². The van der Waals surface area contributed by atoms with Crippen LogP contribution in [-0.4, -0.2) is 23.6 Å². The number of halogens is 1. The number of rotatable bonds is 5. The Labute approximate surface area is 210 Å². The van der Waals surface area contributed by atoms with Crippen LogP contribution in [0.1, 0.15) is 50.3 Å². The minimum absolute atomic E-state index is 0.0821. The Morgan fingerprint density at radius 2 is 1.57 bits per heavy atom. The first-order valence-electron chi connectivity index (χ1n) is 11.1. The summed E-state index contributed by atoms with van der Waals surface area (Å²) in [7, 11) is -3.99. The van der Waals surface area contributed by atoms with Gasteiger partial charge in [-0.2, -0.15) is 0 Å². The summed E-state index contributed by atoms with van der Waals surface area (Å²) in [4.78, 5) is 4.10. The number of hydrogen-bond donors (Lipinski definition) is 3. The van der Waals surface area contributed by atoms with Gasteiger partial charge in [-0.15, -0.1) is 0 Å². The Bertz CT molecular complexity index is 1500. The molecule has 3 N–H and O–H groups in total. The zero-order valence-corrected chi connectivity index (χ0v) is 21.4. The molecule has 0 radical (unpaired) electrons. The summed E-state index contributed by atoms with van der Waals surface area (Å²) >= 11 is 6.35. The van der Waals surface area contributed by atoms with E-state index in [1.54, 1.807) is 36.7 Å². The maximum absolute atomic E-state index is 13.2. The molecule has 1 heterocycles. The fraction of sp³-hybridized carbons (Fsp3) is 0.222. The standard InChI is InChI=1S/C27H27ClN2O4S/c1-16(17-11-13-29-14-12-17)20-15-23(31)24-21(28)9-10-22(25(24)26(20)32)30-35(33,34)19-7-5-18(6-8-19)27(2,3)4/h5-16,30-32H,1-4H3. The van der Waals surface area contributed by atoms with Crippen molar-refractivity contribution in [3.8, 4) is 11.5 Å². The third-order valence-electron chi connectivity index (χ3n) is 6.16. The SMILES string of the molecule is CC(c1ccncc1)c1cc(O)c2c(Cl)ccc(NS(=O)(=O)c3ccc(C(C)(C)C)cc3)c2c1O. The average molecular weight is 511 g/mol. The van der Waals surface area contributed by atoms with Gasteiger partial charge in [-0.05, 0) is 59.0 Å². The lowest BCUT2D eigenvalue weighted by molar-refractivity contribution is 0.462. The number of pyridine rings is 1. The number of fused-ring (bicyclic) bond motifs is 1. The van der Waals surface area contributed by atoms with Gasteiger partial charge >= 0.3 is 0 Å². The van der Waals surface area contributed by atoms with E-state index in [0.29, 0.717) is 5.56 Å². The maximum Gasteiger partial charge on any atom is 0.261 e. The van der Waals surface area contributed by atoms with E-state index < -0.39 is 10.0 Å². The van der Waals surface area contributed by atoms with Crippen molar-refractivity contribution >= 4 is 38.1 Å². The largest absolute Gasteiger partial charge is 0.507 e. The molecule has 1 atom stereocenters. The van der Waals surface area contributed by atoms with Gasteiger partial charge in [-0.25, -0.2) is 8.42 Å². The normalized spacial score (nSPS) is 13.1. The van der Waals surface area contributed by atoms with Crippen molar-refractivity contribution in [3.63, 3.8) is 0 Å². The highest BCUT2D eigenvalue weighted by atomic mass is 35.5. The van der Waals surface area contributed by atoms with E-state index in [-0.39, 0.29) is 49.2 Å². The molecule has 0 saturated carbocycles. The summed E-state index contributed by atoms with van der Waals surface area (Å²) in [6, 6.07) is 14.7. The Hall–Kier alpha value is -3.29. The highest BCUT2D eigenvalue weighted by Gasteiger charge is 2.24. The molecule has 182 valence electrons. The first kappa shape index (κ1) is 24.8. The van der Waals surface area contributed by atoms with Gasteiger partial charge in [0.15, 0.2) is 0 Å². The van der Waals surface area contributed by atoms with Crippen LogP contribution in [0.3, 0.4) is 0 Å². The van der Waals surface area contributed by atoms with Crippen LogP contribution in [0.15, 0.2) is 71.9 Å². The molecular weight excluding hydrogens is 484 g/mol. The second kappa shape index (κ2) is 9.06. The fourth-order valence-electron chi connectivity index (χ4n) is 4.09. The van der Waals surface area contributed by atoms with E-state index in [9.17, 15) is 18.6 Å².